The van der Waals surface area contributed by atoms with Crippen molar-refractivity contribution in [2.45, 2.75) is 58.3 Å². The SMILES string of the molecule is CCCCCC=CCCCCc1ccsc1-c1cccs1. The van der Waals surface area contributed by atoms with Crippen molar-refractivity contribution in [3.8, 4) is 9.75 Å². The topological polar surface area (TPSA) is 0 Å². The van der Waals surface area contributed by atoms with E-state index in [0.29, 0.717) is 0 Å². The van der Waals surface area contributed by atoms with Gasteiger partial charge >= 0.3 is 0 Å². The smallest absolute Gasteiger partial charge is 0.0474 e. The van der Waals surface area contributed by atoms with Crippen molar-refractivity contribution < 1.29 is 0 Å². The van der Waals surface area contributed by atoms with Gasteiger partial charge in [-0.3, -0.25) is 0 Å². The molecule has 21 heavy (non-hydrogen) atoms. The molecule has 0 aliphatic rings. The van der Waals surface area contributed by atoms with Gasteiger partial charge in [0.2, 0.25) is 0 Å². The largest absolute Gasteiger partial charge is 0.143 e. The van der Waals surface area contributed by atoms with Crippen molar-refractivity contribution in [3.63, 3.8) is 0 Å². The van der Waals surface area contributed by atoms with Gasteiger partial charge in [0.25, 0.3) is 0 Å². The van der Waals surface area contributed by atoms with Crippen LogP contribution >= 0.6 is 22.7 Å². The fraction of sp³-hybridized carbons (Fsp3) is 0.474. The molecule has 0 atom stereocenters. The molecule has 0 saturated carbocycles. The van der Waals surface area contributed by atoms with E-state index in [9.17, 15) is 0 Å². The molecule has 0 amide bonds. The molecule has 114 valence electrons. The summed E-state index contributed by atoms with van der Waals surface area (Å²) in [6.45, 7) is 2.26. The van der Waals surface area contributed by atoms with Gasteiger partial charge in [-0.2, -0.15) is 0 Å². The lowest BCUT2D eigenvalue weighted by Gasteiger charge is -2.01. The van der Waals surface area contributed by atoms with E-state index < -0.39 is 0 Å². The summed E-state index contributed by atoms with van der Waals surface area (Å²) in [4.78, 5) is 2.91. The molecule has 0 bridgehead atoms. The average molecular weight is 319 g/mol. The molecule has 0 N–H and O–H groups in total. The Kier molecular flexibility index (Phi) is 7.83. The van der Waals surface area contributed by atoms with Crippen LogP contribution in [0.2, 0.25) is 0 Å². The monoisotopic (exact) mass is 318 g/mol. The first kappa shape index (κ1) is 16.5. The van der Waals surface area contributed by atoms with Crippen molar-refractivity contribution in [2.24, 2.45) is 0 Å². The Labute approximate surface area is 137 Å². The molecule has 2 rings (SSSR count). The maximum Gasteiger partial charge on any atom is 0.0474 e. The quantitative estimate of drug-likeness (QED) is 0.318. The summed E-state index contributed by atoms with van der Waals surface area (Å²) in [6.07, 6.45) is 15.1. The number of unbranched alkanes of at least 4 members (excludes halogenated alkanes) is 5. The van der Waals surface area contributed by atoms with Crippen molar-refractivity contribution in [1.29, 1.82) is 0 Å². The number of hydrogen-bond acceptors (Lipinski definition) is 2. The average Bonchev–Trinajstić information content (AvgIpc) is 3.16. The molecule has 2 aromatic heterocycles. The molecule has 0 radical (unpaired) electrons. The van der Waals surface area contributed by atoms with Gasteiger partial charge in [-0.15, -0.1) is 22.7 Å². The number of thiophene rings is 2. The molecule has 2 heteroatoms. The van der Waals surface area contributed by atoms with Gasteiger partial charge in [0.1, 0.15) is 0 Å². The Morgan fingerprint density at radius 2 is 1.71 bits per heavy atom. The molecule has 0 saturated heterocycles. The molecule has 2 aromatic rings. The minimum absolute atomic E-state index is 1.22. The van der Waals surface area contributed by atoms with Crippen molar-refractivity contribution in [3.05, 3.63) is 46.7 Å². The standard InChI is InChI=1S/C19H26S2/c1-2-3-4-5-6-7-8-9-10-12-17-14-16-21-19(17)18-13-11-15-20-18/h6-7,11,13-16H,2-5,8-10,12H2,1H3. The van der Waals surface area contributed by atoms with E-state index in [2.05, 4.69) is 48.0 Å². The van der Waals surface area contributed by atoms with Crippen LogP contribution in [-0.2, 0) is 6.42 Å². The Morgan fingerprint density at radius 3 is 2.43 bits per heavy atom. The molecule has 0 aromatic carbocycles. The third kappa shape index (κ3) is 5.80. The van der Waals surface area contributed by atoms with Crippen LogP contribution in [0.4, 0.5) is 0 Å². The van der Waals surface area contributed by atoms with E-state index in [-0.39, 0.29) is 0 Å². The summed E-state index contributed by atoms with van der Waals surface area (Å²) in [5.74, 6) is 0. The highest BCUT2D eigenvalue weighted by atomic mass is 32.1. The predicted octanol–water partition coefficient (Wildman–Crippen LogP) is 7.33. The number of rotatable bonds is 10. The minimum atomic E-state index is 1.22. The second-order valence-electron chi connectivity index (χ2n) is 5.47. The van der Waals surface area contributed by atoms with Crippen molar-refractivity contribution >= 4 is 22.7 Å². The first-order valence-corrected chi connectivity index (χ1v) is 9.93. The van der Waals surface area contributed by atoms with Crippen LogP contribution in [0.15, 0.2) is 41.1 Å². The summed E-state index contributed by atoms with van der Waals surface area (Å²) in [5, 5.41) is 4.40. The highest BCUT2D eigenvalue weighted by Gasteiger charge is 2.07. The third-order valence-corrected chi connectivity index (χ3v) is 5.71. The fourth-order valence-electron chi connectivity index (χ4n) is 2.48. The lowest BCUT2D eigenvalue weighted by Crippen LogP contribution is -1.84. The highest BCUT2D eigenvalue weighted by molar-refractivity contribution is 7.20. The van der Waals surface area contributed by atoms with Gasteiger partial charge in [0.05, 0.1) is 0 Å². The Hall–Kier alpha value is -0.860. The van der Waals surface area contributed by atoms with Gasteiger partial charge in [0.15, 0.2) is 0 Å². The zero-order valence-corrected chi connectivity index (χ0v) is 14.6. The Morgan fingerprint density at radius 1 is 0.905 bits per heavy atom. The van der Waals surface area contributed by atoms with Crippen LogP contribution in [0, 0.1) is 0 Å². The van der Waals surface area contributed by atoms with Crippen molar-refractivity contribution in [2.75, 3.05) is 0 Å². The van der Waals surface area contributed by atoms with E-state index in [1.165, 1.54) is 66.7 Å². The molecule has 0 aliphatic heterocycles. The summed E-state index contributed by atoms with van der Waals surface area (Å²) < 4.78 is 0. The van der Waals surface area contributed by atoms with E-state index in [1.807, 2.05) is 22.7 Å². The number of aryl methyl sites for hydroxylation is 1. The van der Waals surface area contributed by atoms with E-state index in [4.69, 9.17) is 0 Å². The lowest BCUT2D eigenvalue weighted by atomic mass is 10.1. The van der Waals surface area contributed by atoms with Crippen molar-refractivity contribution in [1.82, 2.24) is 0 Å². The molecule has 0 spiro atoms. The number of hydrogen-bond donors (Lipinski definition) is 0. The molecule has 0 nitrogen and oxygen atoms in total. The van der Waals surface area contributed by atoms with Gasteiger partial charge < -0.3 is 0 Å². The lowest BCUT2D eigenvalue weighted by molar-refractivity contribution is 0.721. The zero-order chi connectivity index (χ0) is 14.8. The van der Waals surface area contributed by atoms with Crippen LogP contribution < -0.4 is 0 Å². The van der Waals surface area contributed by atoms with Crippen LogP contribution in [-0.4, -0.2) is 0 Å². The second kappa shape index (κ2) is 9.97. The fourth-order valence-corrected chi connectivity index (χ4v) is 4.34. The van der Waals surface area contributed by atoms with E-state index in [0.717, 1.165) is 0 Å². The maximum absolute atomic E-state index is 2.38. The summed E-state index contributed by atoms with van der Waals surface area (Å²) in [6, 6.07) is 6.69. The van der Waals surface area contributed by atoms with Crippen LogP contribution in [0.3, 0.4) is 0 Å². The van der Waals surface area contributed by atoms with Gasteiger partial charge in [-0.05, 0) is 67.0 Å². The van der Waals surface area contributed by atoms with Crippen LogP contribution in [0.1, 0.15) is 57.4 Å². The highest BCUT2D eigenvalue weighted by Crippen LogP contribution is 2.33. The van der Waals surface area contributed by atoms with E-state index >= 15 is 0 Å². The first-order chi connectivity index (χ1) is 10.4. The maximum atomic E-state index is 2.38. The molecular formula is C19H26S2. The van der Waals surface area contributed by atoms with Crippen LogP contribution in [0.25, 0.3) is 9.75 Å². The summed E-state index contributed by atoms with van der Waals surface area (Å²) in [7, 11) is 0. The Bertz CT molecular complexity index is 505. The molecular weight excluding hydrogens is 292 g/mol. The Balaban J connectivity index is 1.65. The van der Waals surface area contributed by atoms with Gasteiger partial charge in [-0.25, -0.2) is 0 Å². The summed E-state index contributed by atoms with van der Waals surface area (Å²) >= 11 is 3.73. The first-order valence-electron chi connectivity index (χ1n) is 8.17. The predicted molar refractivity (Wildman–Crippen MR) is 98.5 cm³/mol. The minimum Gasteiger partial charge on any atom is -0.143 e. The molecule has 0 fully saturated rings. The second-order valence-corrected chi connectivity index (χ2v) is 7.33. The number of allylic oxidation sites excluding steroid dienone is 2. The normalized spacial score (nSPS) is 11.5. The molecule has 2 heterocycles. The zero-order valence-electron chi connectivity index (χ0n) is 13.0. The van der Waals surface area contributed by atoms with Crippen LogP contribution in [0.5, 0.6) is 0 Å². The summed E-state index contributed by atoms with van der Waals surface area (Å²) in [5.41, 5.74) is 1.54. The molecule has 0 unspecified atom stereocenters. The third-order valence-electron chi connectivity index (χ3n) is 3.70. The molecule has 0 aliphatic carbocycles. The van der Waals surface area contributed by atoms with E-state index in [1.54, 1.807) is 0 Å². The van der Waals surface area contributed by atoms with Gasteiger partial charge in [-0.1, -0.05) is 38.0 Å². The van der Waals surface area contributed by atoms with Gasteiger partial charge in [0, 0.05) is 9.75 Å².